The van der Waals surface area contributed by atoms with Gasteiger partial charge in [-0.25, -0.2) is 4.79 Å². The van der Waals surface area contributed by atoms with Crippen LogP contribution in [0.4, 0.5) is 0 Å². The zero-order valence-electron chi connectivity index (χ0n) is 22.6. The van der Waals surface area contributed by atoms with E-state index in [0.29, 0.717) is 23.1 Å². The summed E-state index contributed by atoms with van der Waals surface area (Å²) < 4.78 is 33.0. The summed E-state index contributed by atoms with van der Waals surface area (Å²) in [6.07, 6.45) is -16.2. The monoisotopic (exact) mass is 598 g/mol. The molecule has 0 unspecified atom stereocenters. The Balaban J connectivity index is 1.41. The summed E-state index contributed by atoms with van der Waals surface area (Å²) >= 11 is 0. The Kier molecular flexibility index (Phi) is 8.78. The van der Waals surface area contributed by atoms with Crippen molar-refractivity contribution in [1.82, 2.24) is 0 Å². The zero-order valence-corrected chi connectivity index (χ0v) is 22.6. The van der Waals surface area contributed by atoms with Gasteiger partial charge in [0.2, 0.25) is 6.29 Å². The average molecular weight is 599 g/mol. The highest BCUT2D eigenvalue weighted by Crippen LogP contribution is 2.43. The van der Waals surface area contributed by atoms with Crippen LogP contribution in [0.3, 0.4) is 0 Å². The molecule has 2 saturated heterocycles. The summed E-state index contributed by atoms with van der Waals surface area (Å²) in [7, 11) is 1.40. The number of carbonyl (C=O) groups is 1. The number of aromatic hydroxyl groups is 1. The minimum atomic E-state index is -1.80. The maximum Gasteiger partial charge on any atom is 0.342 e. The minimum absolute atomic E-state index is 0.0398. The summed E-state index contributed by atoms with van der Waals surface area (Å²) in [6.45, 7) is 0.478. The van der Waals surface area contributed by atoms with Crippen molar-refractivity contribution < 1.29 is 74.1 Å². The van der Waals surface area contributed by atoms with E-state index in [1.165, 1.54) is 13.2 Å². The number of rotatable bonds is 7. The number of aliphatic hydroxyl groups is 7. The van der Waals surface area contributed by atoms with Crippen molar-refractivity contribution in [3.63, 3.8) is 0 Å². The Bertz CT molecular complexity index is 1300. The molecular formula is C27H34O15. The topological polar surface area (TPSA) is 234 Å². The molecule has 3 heterocycles. The van der Waals surface area contributed by atoms with Gasteiger partial charge in [0.05, 0.1) is 25.7 Å². The highest BCUT2D eigenvalue weighted by Gasteiger charge is 2.48. The maximum atomic E-state index is 12.6. The van der Waals surface area contributed by atoms with E-state index in [1.807, 2.05) is 0 Å². The molecule has 0 amide bonds. The second-order valence-corrected chi connectivity index (χ2v) is 10.6. The Morgan fingerprint density at radius 2 is 1.52 bits per heavy atom. The van der Waals surface area contributed by atoms with Crippen LogP contribution in [0, 0.1) is 0 Å². The number of hydrogen-bond acceptors (Lipinski definition) is 15. The van der Waals surface area contributed by atoms with Gasteiger partial charge < -0.3 is 69.3 Å². The molecule has 11 atom stereocenters. The molecule has 0 saturated carbocycles. The van der Waals surface area contributed by atoms with Crippen molar-refractivity contribution in [2.75, 3.05) is 20.3 Å². The van der Waals surface area contributed by atoms with Crippen molar-refractivity contribution >= 4 is 16.7 Å². The molecule has 232 valence electrons. The molecule has 0 bridgehead atoms. The van der Waals surface area contributed by atoms with Crippen LogP contribution < -0.4 is 9.47 Å². The van der Waals surface area contributed by atoms with Gasteiger partial charge in [-0.05, 0) is 30.0 Å². The van der Waals surface area contributed by atoms with Gasteiger partial charge in [-0.2, -0.15) is 0 Å². The van der Waals surface area contributed by atoms with E-state index in [2.05, 4.69) is 0 Å². The number of methoxy groups -OCH3 is 1. The van der Waals surface area contributed by atoms with E-state index in [-0.39, 0.29) is 16.7 Å². The first kappa shape index (κ1) is 30.6. The molecule has 0 aromatic heterocycles. The number of fused-ring (bicyclic) bond motifs is 2. The maximum absolute atomic E-state index is 12.6. The van der Waals surface area contributed by atoms with Crippen molar-refractivity contribution in [1.29, 1.82) is 0 Å². The molecule has 8 N–H and O–H groups in total. The van der Waals surface area contributed by atoms with Gasteiger partial charge in [-0.15, -0.1) is 0 Å². The molecule has 15 heteroatoms. The lowest BCUT2D eigenvalue weighted by Gasteiger charge is -2.42. The highest BCUT2D eigenvalue weighted by atomic mass is 16.7. The van der Waals surface area contributed by atoms with Crippen molar-refractivity contribution in [2.24, 2.45) is 0 Å². The van der Waals surface area contributed by atoms with Gasteiger partial charge in [-0.1, -0.05) is 0 Å². The third-order valence-electron chi connectivity index (χ3n) is 7.67. The van der Waals surface area contributed by atoms with E-state index in [0.717, 1.165) is 0 Å². The number of esters is 1. The molecule has 0 radical (unpaired) electrons. The fourth-order valence-electron chi connectivity index (χ4n) is 5.38. The van der Waals surface area contributed by atoms with Gasteiger partial charge in [0.1, 0.15) is 77.7 Å². The van der Waals surface area contributed by atoms with E-state index in [1.54, 1.807) is 19.1 Å². The molecule has 15 nitrogen and oxygen atoms in total. The Hall–Kier alpha value is -2.83. The average Bonchev–Trinajstić information content (AvgIpc) is 2.95. The third-order valence-corrected chi connectivity index (χ3v) is 7.67. The summed E-state index contributed by atoms with van der Waals surface area (Å²) in [5.74, 6) is -0.928. The molecule has 2 aromatic carbocycles. The number of phenolic OH excluding ortho intramolecular Hbond substituents is 1. The van der Waals surface area contributed by atoms with E-state index < -0.39 is 92.4 Å². The first-order chi connectivity index (χ1) is 19.9. The predicted molar refractivity (Wildman–Crippen MR) is 138 cm³/mol. The van der Waals surface area contributed by atoms with Crippen LogP contribution in [0.5, 0.6) is 17.2 Å². The molecule has 3 aliphatic rings. The number of cyclic esters (lactones) is 1. The highest BCUT2D eigenvalue weighted by molar-refractivity contribution is 6.06. The van der Waals surface area contributed by atoms with E-state index in [4.69, 9.17) is 28.4 Å². The molecule has 0 spiro atoms. The number of benzene rings is 2. The number of aliphatic hydroxyl groups excluding tert-OH is 7. The Morgan fingerprint density at radius 3 is 2.19 bits per heavy atom. The van der Waals surface area contributed by atoms with Gasteiger partial charge in [0.25, 0.3) is 0 Å². The van der Waals surface area contributed by atoms with Crippen LogP contribution in [-0.4, -0.2) is 135 Å². The summed E-state index contributed by atoms with van der Waals surface area (Å²) in [4.78, 5) is 12.6. The summed E-state index contributed by atoms with van der Waals surface area (Å²) in [5.41, 5.74) is 0.517. The fourth-order valence-corrected chi connectivity index (χ4v) is 5.38. The third kappa shape index (κ3) is 5.48. The molecule has 2 fully saturated rings. The van der Waals surface area contributed by atoms with Crippen molar-refractivity contribution in [3.05, 3.63) is 29.3 Å². The van der Waals surface area contributed by atoms with Gasteiger partial charge >= 0.3 is 5.97 Å². The Morgan fingerprint density at radius 1 is 0.881 bits per heavy atom. The second-order valence-electron chi connectivity index (χ2n) is 10.6. The molecule has 2 aromatic rings. The number of carbonyl (C=O) groups excluding carboxylic acids is 1. The predicted octanol–water partition coefficient (Wildman–Crippen LogP) is -2.34. The van der Waals surface area contributed by atoms with E-state index in [9.17, 15) is 45.6 Å². The normalized spacial score (nSPS) is 36.8. The van der Waals surface area contributed by atoms with Crippen LogP contribution in [0.1, 0.15) is 22.8 Å². The van der Waals surface area contributed by atoms with Crippen molar-refractivity contribution in [2.45, 2.75) is 80.9 Å². The lowest BCUT2D eigenvalue weighted by atomic mass is 9.93. The van der Waals surface area contributed by atoms with Crippen LogP contribution >= 0.6 is 0 Å². The first-order valence-electron chi connectivity index (χ1n) is 13.3. The fraction of sp³-hybridized carbons (Fsp3) is 0.593. The number of ether oxygens (including phenoxy) is 6. The molecule has 5 rings (SSSR count). The quantitative estimate of drug-likeness (QED) is 0.156. The zero-order chi connectivity index (χ0) is 30.5. The number of hydrogen-bond donors (Lipinski definition) is 8. The molecule has 42 heavy (non-hydrogen) atoms. The molecule has 0 aliphatic carbocycles. The van der Waals surface area contributed by atoms with Gasteiger partial charge in [0, 0.05) is 12.5 Å². The lowest BCUT2D eigenvalue weighted by molar-refractivity contribution is -0.323. The SMILES string of the molecule is COc1cc(O[C@@H]2O[C@H](CO[C@H]3O[C@H](CO)[C@@H](O)[C@@H](O)[C@H]3O)[C@@H](O)[C@H](O)[C@H]2O)c2c(O)c3c(cc2c1)C[C@@H](C)OC3=O. The molecule has 3 aliphatic heterocycles. The van der Waals surface area contributed by atoms with E-state index >= 15 is 0 Å². The largest absolute Gasteiger partial charge is 0.506 e. The summed E-state index contributed by atoms with van der Waals surface area (Å²) in [5, 5.41) is 83.0. The van der Waals surface area contributed by atoms with Crippen LogP contribution in [0.15, 0.2) is 18.2 Å². The summed E-state index contributed by atoms with van der Waals surface area (Å²) in [6, 6.07) is 4.67. The van der Waals surface area contributed by atoms with Crippen LogP contribution in [-0.2, 0) is 25.4 Å². The van der Waals surface area contributed by atoms with Gasteiger partial charge in [0.15, 0.2) is 6.29 Å². The number of phenols is 1. The smallest absolute Gasteiger partial charge is 0.342 e. The molecular weight excluding hydrogens is 564 g/mol. The van der Waals surface area contributed by atoms with Gasteiger partial charge in [-0.3, -0.25) is 0 Å². The minimum Gasteiger partial charge on any atom is -0.506 e. The lowest BCUT2D eigenvalue weighted by Crippen LogP contribution is -2.62. The van der Waals surface area contributed by atoms with Crippen molar-refractivity contribution in [3.8, 4) is 17.2 Å². The van der Waals surface area contributed by atoms with Crippen LogP contribution in [0.2, 0.25) is 0 Å². The van der Waals surface area contributed by atoms with Crippen LogP contribution in [0.25, 0.3) is 10.8 Å². The first-order valence-corrected chi connectivity index (χ1v) is 13.3. The second kappa shape index (κ2) is 12.0. The Labute approximate surface area is 238 Å². The standard InChI is InChI=1S/C27H34O15/c1-9-3-10-4-11-5-12(37-2)6-13(16(11)20(31)17(10)25(36)39-9)40-27-24(35)22(33)19(30)15(42-27)8-38-26-23(34)21(32)18(29)14(7-28)41-26/h4-6,9,14-15,18-19,21-24,26-35H,3,7-8H2,1-2H3/t9-,14-,15-,18-,19-,21-,22+,23-,24-,26+,27-/m1/s1.